The first-order valence-electron chi connectivity index (χ1n) is 3.58. The van der Waals surface area contributed by atoms with Crippen LogP contribution in [0.1, 0.15) is 0 Å². The first-order chi connectivity index (χ1) is 5.61. The first kappa shape index (κ1) is 7.51. The lowest BCUT2D eigenvalue weighted by molar-refractivity contribution is -0.130. The Kier molecular flexibility index (Phi) is 1.36. The number of rotatable bonds is 0. The third kappa shape index (κ3) is 0.759. The van der Waals surface area contributed by atoms with Gasteiger partial charge in [0, 0.05) is 0 Å². The van der Waals surface area contributed by atoms with Gasteiger partial charge in [-0.05, 0) is 0 Å². The summed E-state index contributed by atoms with van der Waals surface area (Å²) in [5.74, 6) is -1.10. The molecule has 66 valence electrons. The molecular formula is C6H8N2O4. The molecule has 0 aromatic carbocycles. The molecule has 2 fully saturated rings. The van der Waals surface area contributed by atoms with Crippen molar-refractivity contribution in [1.29, 1.82) is 0 Å². The molecule has 0 spiro atoms. The fourth-order valence-electron chi connectivity index (χ4n) is 1.56. The smallest absolute Gasteiger partial charge is 0.251 e. The second-order valence-corrected chi connectivity index (χ2v) is 2.96. The van der Waals surface area contributed by atoms with Gasteiger partial charge in [-0.3, -0.25) is 9.59 Å². The highest BCUT2D eigenvalue weighted by Crippen LogP contribution is 2.18. The standard InChI is InChI=1S/C6H8N2O4/c9-3-1-2(8-5(3)11)4(10)6(12)7-1/h1-4,9-10H,(H,7,12)(H,8,11). The van der Waals surface area contributed by atoms with Gasteiger partial charge < -0.3 is 20.8 Å². The van der Waals surface area contributed by atoms with Crippen molar-refractivity contribution in [3.63, 3.8) is 0 Å². The van der Waals surface area contributed by atoms with Crippen molar-refractivity contribution >= 4 is 11.8 Å². The van der Waals surface area contributed by atoms with Gasteiger partial charge in [0.15, 0.2) is 12.2 Å². The molecule has 6 nitrogen and oxygen atoms in total. The number of hydrogen-bond acceptors (Lipinski definition) is 4. The van der Waals surface area contributed by atoms with Crippen LogP contribution in [0.3, 0.4) is 0 Å². The minimum absolute atomic E-state index is 0.552. The van der Waals surface area contributed by atoms with E-state index >= 15 is 0 Å². The van der Waals surface area contributed by atoms with Crippen molar-refractivity contribution in [3.8, 4) is 0 Å². The molecular weight excluding hydrogens is 164 g/mol. The van der Waals surface area contributed by atoms with E-state index in [9.17, 15) is 9.59 Å². The van der Waals surface area contributed by atoms with Crippen LogP contribution in [-0.2, 0) is 9.59 Å². The Hall–Kier alpha value is -1.14. The van der Waals surface area contributed by atoms with E-state index in [1.54, 1.807) is 0 Å². The van der Waals surface area contributed by atoms with Crippen LogP contribution in [-0.4, -0.2) is 46.3 Å². The van der Waals surface area contributed by atoms with Gasteiger partial charge in [-0.2, -0.15) is 0 Å². The van der Waals surface area contributed by atoms with Crippen LogP contribution in [0.5, 0.6) is 0 Å². The third-order valence-electron chi connectivity index (χ3n) is 2.22. The number of carbonyl (C=O) groups excluding carboxylic acids is 2. The topological polar surface area (TPSA) is 98.7 Å². The highest BCUT2D eigenvalue weighted by molar-refractivity contribution is 5.92. The SMILES string of the molecule is O=C1NC2C(O)C(=O)NC2C1O. The van der Waals surface area contributed by atoms with Crippen LogP contribution in [0, 0.1) is 0 Å². The summed E-state index contributed by atoms with van der Waals surface area (Å²) in [5.41, 5.74) is 0. The van der Waals surface area contributed by atoms with Crippen molar-refractivity contribution in [2.24, 2.45) is 0 Å². The maximum absolute atomic E-state index is 10.8. The van der Waals surface area contributed by atoms with Gasteiger partial charge in [-0.25, -0.2) is 0 Å². The summed E-state index contributed by atoms with van der Waals surface area (Å²) in [7, 11) is 0. The van der Waals surface area contributed by atoms with Crippen molar-refractivity contribution in [3.05, 3.63) is 0 Å². The molecule has 2 saturated heterocycles. The zero-order chi connectivity index (χ0) is 8.88. The summed E-state index contributed by atoms with van der Waals surface area (Å²) in [6.07, 6.45) is -2.48. The van der Waals surface area contributed by atoms with E-state index in [4.69, 9.17) is 10.2 Å². The number of carbonyl (C=O) groups is 2. The molecule has 0 aromatic heterocycles. The highest BCUT2D eigenvalue weighted by atomic mass is 16.3. The van der Waals surface area contributed by atoms with Crippen LogP contribution in [0.4, 0.5) is 0 Å². The fraction of sp³-hybridized carbons (Fsp3) is 0.667. The number of aliphatic hydroxyl groups excluding tert-OH is 2. The second kappa shape index (κ2) is 2.18. The Morgan fingerprint density at radius 2 is 1.25 bits per heavy atom. The van der Waals surface area contributed by atoms with Crippen molar-refractivity contribution < 1.29 is 19.8 Å². The Balaban J connectivity index is 2.24. The first-order valence-corrected chi connectivity index (χ1v) is 3.58. The Bertz CT molecular complexity index is 228. The van der Waals surface area contributed by atoms with E-state index in [1.807, 2.05) is 0 Å². The average molecular weight is 172 g/mol. The van der Waals surface area contributed by atoms with Crippen LogP contribution < -0.4 is 10.6 Å². The van der Waals surface area contributed by atoms with Gasteiger partial charge in [0.2, 0.25) is 0 Å². The van der Waals surface area contributed by atoms with E-state index < -0.39 is 36.1 Å². The van der Waals surface area contributed by atoms with Crippen LogP contribution in [0.15, 0.2) is 0 Å². The molecule has 6 heteroatoms. The zero-order valence-corrected chi connectivity index (χ0v) is 6.02. The maximum Gasteiger partial charge on any atom is 0.251 e. The number of amides is 2. The second-order valence-electron chi connectivity index (χ2n) is 2.96. The van der Waals surface area contributed by atoms with Crippen molar-refractivity contribution in [2.45, 2.75) is 24.3 Å². The summed E-state index contributed by atoms with van der Waals surface area (Å²) >= 11 is 0. The monoisotopic (exact) mass is 172 g/mol. The molecule has 2 amide bonds. The maximum atomic E-state index is 10.8. The summed E-state index contributed by atoms with van der Waals surface area (Å²) in [5, 5.41) is 23.0. The lowest BCUT2D eigenvalue weighted by Crippen LogP contribution is -2.39. The molecule has 0 aliphatic carbocycles. The predicted molar refractivity (Wildman–Crippen MR) is 35.9 cm³/mol. The minimum atomic E-state index is -1.24. The highest BCUT2D eigenvalue weighted by Gasteiger charge is 2.52. The van der Waals surface area contributed by atoms with E-state index in [0.717, 1.165) is 0 Å². The van der Waals surface area contributed by atoms with Gasteiger partial charge in [0.25, 0.3) is 11.8 Å². The quantitative estimate of drug-likeness (QED) is 0.307. The van der Waals surface area contributed by atoms with E-state index in [-0.39, 0.29) is 0 Å². The summed E-state index contributed by atoms with van der Waals surface area (Å²) < 4.78 is 0. The summed E-state index contributed by atoms with van der Waals surface area (Å²) in [4.78, 5) is 21.6. The molecule has 4 N–H and O–H groups in total. The molecule has 0 saturated carbocycles. The Morgan fingerprint density at radius 1 is 0.917 bits per heavy atom. The molecule has 12 heavy (non-hydrogen) atoms. The molecule has 2 aliphatic rings. The number of aliphatic hydroxyl groups is 2. The summed E-state index contributed by atoms with van der Waals surface area (Å²) in [6.45, 7) is 0. The van der Waals surface area contributed by atoms with E-state index in [0.29, 0.717) is 0 Å². The Morgan fingerprint density at radius 3 is 1.58 bits per heavy atom. The number of fused-ring (bicyclic) bond motifs is 1. The average Bonchev–Trinajstić information content (AvgIpc) is 2.43. The molecule has 0 radical (unpaired) electrons. The van der Waals surface area contributed by atoms with Gasteiger partial charge in [-0.1, -0.05) is 0 Å². The molecule has 4 unspecified atom stereocenters. The van der Waals surface area contributed by atoms with Crippen molar-refractivity contribution in [1.82, 2.24) is 10.6 Å². The predicted octanol–water partition coefficient (Wildman–Crippen LogP) is -3.30. The Labute approximate surface area is 67.6 Å². The molecule has 2 aliphatic heterocycles. The molecule has 2 rings (SSSR count). The minimum Gasteiger partial charge on any atom is -0.381 e. The molecule has 0 bridgehead atoms. The zero-order valence-electron chi connectivity index (χ0n) is 6.02. The third-order valence-corrected chi connectivity index (χ3v) is 2.22. The lowest BCUT2D eigenvalue weighted by atomic mass is 10.1. The molecule has 4 atom stereocenters. The normalized spacial score (nSPS) is 45.5. The number of nitrogens with one attached hydrogen (secondary N) is 2. The van der Waals surface area contributed by atoms with Gasteiger partial charge >= 0.3 is 0 Å². The van der Waals surface area contributed by atoms with E-state index in [2.05, 4.69) is 10.6 Å². The number of hydrogen-bond donors (Lipinski definition) is 4. The molecule has 2 heterocycles. The van der Waals surface area contributed by atoms with Crippen LogP contribution in [0.25, 0.3) is 0 Å². The van der Waals surface area contributed by atoms with Gasteiger partial charge in [-0.15, -0.1) is 0 Å². The largest absolute Gasteiger partial charge is 0.381 e. The van der Waals surface area contributed by atoms with E-state index in [1.165, 1.54) is 0 Å². The molecule has 0 aromatic rings. The van der Waals surface area contributed by atoms with Crippen LogP contribution >= 0.6 is 0 Å². The summed E-state index contributed by atoms with van der Waals surface area (Å²) in [6, 6.07) is -1.36. The lowest BCUT2D eigenvalue weighted by Gasteiger charge is -2.09. The van der Waals surface area contributed by atoms with Crippen LogP contribution in [0.2, 0.25) is 0 Å². The van der Waals surface area contributed by atoms with Gasteiger partial charge in [0.1, 0.15) is 0 Å². The van der Waals surface area contributed by atoms with Gasteiger partial charge in [0.05, 0.1) is 12.1 Å². The van der Waals surface area contributed by atoms with Crippen molar-refractivity contribution in [2.75, 3.05) is 0 Å². The fourth-order valence-corrected chi connectivity index (χ4v) is 1.56.